The molecule has 1 aromatic carbocycles. The predicted molar refractivity (Wildman–Crippen MR) is 165 cm³/mol. The smallest absolute Gasteiger partial charge is 0.237 e. The lowest BCUT2D eigenvalue weighted by Crippen LogP contribution is -2.45. The van der Waals surface area contributed by atoms with Gasteiger partial charge in [0.2, 0.25) is 5.91 Å². The molecule has 0 aliphatic heterocycles. The van der Waals surface area contributed by atoms with Crippen LogP contribution in [0.25, 0.3) is 0 Å². The van der Waals surface area contributed by atoms with Crippen molar-refractivity contribution in [2.24, 2.45) is 11.7 Å². The molecule has 222 valence electrons. The minimum atomic E-state index is -3.24. The summed E-state index contributed by atoms with van der Waals surface area (Å²) in [5.41, 5.74) is 6.63. The summed E-state index contributed by atoms with van der Waals surface area (Å²) in [6.45, 7) is 18.5. The lowest BCUT2D eigenvalue weighted by molar-refractivity contribution is -0.121. The van der Waals surface area contributed by atoms with Crippen molar-refractivity contribution in [1.82, 2.24) is 10.6 Å². The van der Waals surface area contributed by atoms with Crippen LogP contribution in [0.5, 0.6) is 0 Å². The molecule has 38 heavy (non-hydrogen) atoms. The summed E-state index contributed by atoms with van der Waals surface area (Å²) >= 11 is 0. The summed E-state index contributed by atoms with van der Waals surface area (Å²) in [5, 5.41) is 6.00. The van der Waals surface area contributed by atoms with E-state index in [2.05, 4.69) is 50.2 Å². The van der Waals surface area contributed by atoms with Gasteiger partial charge in [0.15, 0.2) is 9.84 Å². The number of sulfone groups is 1. The number of aryl methyl sites for hydroxylation is 1. The average Bonchev–Trinajstić information content (AvgIpc) is 2.91. The highest BCUT2D eigenvalue weighted by molar-refractivity contribution is 7.91. The first kappa shape index (κ1) is 45.5. The number of rotatable bonds is 13. The van der Waals surface area contributed by atoms with Gasteiger partial charge in [-0.2, -0.15) is 0 Å². The molecule has 0 saturated heterocycles. The highest BCUT2D eigenvalue weighted by Gasteiger charge is 2.21. The Morgan fingerprint density at radius 2 is 1.55 bits per heavy atom. The van der Waals surface area contributed by atoms with Crippen molar-refractivity contribution < 1.29 is 17.6 Å². The van der Waals surface area contributed by atoms with E-state index in [1.165, 1.54) is 12.1 Å². The second-order valence-electron chi connectivity index (χ2n) is 7.95. The first-order valence-electron chi connectivity index (χ1n) is 13.4. The molecule has 0 unspecified atom stereocenters. The van der Waals surface area contributed by atoms with Crippen LogP contribution < -0.4 is 16.4 Å². The van der Waals surface area contributed by atoms with Crippen LogP contribution in [-0.4, -0.2) is 51.5 Å². The Morgan fingerprint density at radius 3 is 1.97 bits per heavy atom. The van der Waals surface area contributed by atoms with Gasteiger partial charge in [0.25, 0.3) is 0 Å². The maximum absolute atomic E-state index is 12.2. The SMILES string of the molecule is C#C.C#C.CC.CC.CCCCS(=O)(=O)C[C@@H](N)C(=O)NCCCNCCC(C)C.Cc1cccc(F)c1. The molecule has 1 amide bonds. The number of terminal acetylenes is 2. The number of nitrogens with two attached hydrogens (primary N) is 1. The molecule has 8 heteroatoms. The van der Waals surface area contributed by atoms with Gasteiger partial charge in [0.1, 0.15) is 5.82 Å². The summed E-state index contributed by atoms with van der Waals surface area (Å²) in [4.78, 5) is 11.8. The Labute approximate surface area is 235 Å². The molecule has 1 rings (SSSR count). The van der Waals surface area contributed by atoms with Crippen molar-refractivity contribution in [2.45, 2.75) is 87.1 Å². The molecule has 0 aliphatic carbocycles. The van der Waals surface area contributed by atoms with Crippen LogP contribution in [0.15, 0.2) is 24.3 Å². The largest absolute Gasteiger partial charge is 0.355 e. The van der Waals surface area contributed by atoms with Gasteiger partial charge in [-0.15, -0.1) is 25.7 Å². The van der Waals surface area contributed by atoms with Crippen molar-refractivity contribution >= 4 is 15.7 Å². The minimum absolute atomic E-state index is 0.101. The molecular weight excluding hydrogens is 501 g/mol. The molecule has 4 N–H and O–H groups in total. The standard InChI is InChI=1S/C15H33N3O3S.C7H7F.2C2H6.2C2H2/c1-4-5-11-22(20,21)12-14(16)15(19)18-9-6-8-17-10-7-13(2)3;1-6-3-2-4-7(8)5-6;4*1-2/h13-14,17H,4-12,16H2,1-3H3,(H,18,19);2-5H,1H3;2*1-2H3;2*1-2H/t14-;;;;;/m1...../s1. The Bertz CT molecular complexity index is 756. The number of benzene rings is 1. The fraction of sp³-hybridized carbons (Fsp3) is 0.633. The highest BCUT2D eigenvalue weighted by Crippen LogP contribution is 2.00. The number of unbranched alkanes of at least 4 members (excludes halogenated alkanes) is 1. The lowest BCUT2D eigenvalue weighted by atomic mass is 10.1. The van der Waals surface area contributed by atoms with E-state index in [4.69, 9.17) is 5.73 Å². The fourth-order valence-corrected chi connectivity index (χ4v) is 4.07. The Morgan fingerprint density at radius 1 is 1.00 bits per heavy atom. The van der Waals surface area contributed by atoms with Crippen LogP contribution in [0.1, 0.15) is 79.7 Å². The molecule has 0 heterocycles. The third-order valence-electron chi connectivity index (χ3n) is 4.29. The van der Waals surface area contributed by atoms with E-state index in [1.54, 1.807) is 6.07 Å². The first-order valence-corrected chi connectivity index (χ1v) is 15.2. The first-order chi connectivity index (χ1) is 18.1. The molecule has 0 fully saturated rings. The maximum atomic E-state index is 12.2. The average molecular weight is 558 g/mol. The van der Waals surface area contributed by atoms with E-state index in [1.807, 2.05) is 47.6 Å². The second kappa shape index (κ2) is 34.6. The summed E-state index contributed by atoms with van der Waals surface area (Å²) in [6.07, 6.45) is 19.4. The molecule has 0 saturated carbocycles. The second-order valence-corrected chi connectivity index (χ2v) is 10.2. The zero-order valence-corrected chi connectivity index (χ0v) is 26.0. The highest BCUT2D eigenvalue weighted by atomic mass is 32.2. The van der Waals surface area contributed by atoms with Crippen LogP contribution in [0.4, 0.5) is 4.39 Å². The zero-order valence-electron chi connectivity index (χ0n) is 25.2. The summed E-state index contributed by atoms with van der Waals surface area (Å²) in [6, 6.07) is 5.52. The molecule has 0 bridgehead atoms. The van der Waals surface area contributed by atoms with Gasteiger partial charge in [0.05, 0.1) is 17.5 Å². The third-order valence-corrected chi connectivity index (χ3v) is 6.06. The number of carbonyl (C=O) groups is 1. The molecule has 0 aliphatic rings. The number of halogens is 1. The van der Waals surface area contributed by atoms with Crippen molar-refractivity contribution in [1.29, 1.82) is 0 Å². The molecule has 6 nitrogen and oxygen atoms in total. The molecule has 1 aromatic rings. The van der Waals surface area contributed by atoms with Gasteiger partial charge in [-0.3, -0.25) is 4.79 Å². The quantitative estimate of drug-likeness (QED) is 0.224. The van der Waals surface area contributed by atoms with Crippen molar-refractivity contribution in [3.8, 4) is 25.7 Å². The summed E-state index contributed by atoms with van der Waals surface area (Å²) in [7, 11) is -3.24. The van der Waals surface area contributed by atoms with Crippen LogP contribution in [0.2, 0.25) is 0 Å². The van der Waals surface area contributed by atoms with E-state index in [-0.39, 0.29) is 23.2 Å². The minimum Gasteiger partial charge on any atom is -0.355 e. The van der Waals surface area contributed by atoms with Gasteiger partial charge in [-0.1, -0.05) is 67.0 Å². The van der Waals surface area contributed by atoms with E-state index < -0.39 is 15.9 Å². The topological polar surface area (TPSA) is 101 Å². The van der Waals surface area contributed by atoms with E-state index >= 15 is 0 Å². The maximum Gasteiger partial charge on any atom is 0.237 e. The monoisotopic (exact) mass is 557 g/mol. The van der Waals surface area contributed by atoms with Crippen LogP contribution in [-0.2, 0) is 14.6 Å². The normalized spacial score (nSPS) is 10.1. The van der Waals surface area contributed by atoms with Gasteiger partial charge in [-0.05, 0) is 62.9 Å². The Kier molecular flexibility index (Phi) is 41.5. The van der Waals surface area contributed by atoms with Crippen LogP contribution >= 0.6 is 0 Å². The molecule has 0 radical (unpaired) electrons. The van der Waals surface area contributed by atoms with Crippen LogP contribution in [0.3, 0.4) is 0 Å². The lowest BCUT2D eigenvalue weighted by Gasteiger charge is -2.13. The third kappa shape index (κ3) is 35.8. The molecule has 0 aromatic heterocycles. The summed E-state index contributed by atoms with van der Waals surface area (Å²) < 4.78 is 35.6. The number of carbonyl (C=O) groups excluding carboxylic acids is 1. The Hall–Kier alpha value is -2.39. The predicted octanol–water partition coefficient (Wildman–Crippen LogP) is 5.36. The molecule has 1 atom stereocenters. The van der Waals surface area contributed by atoms with Gasteiger partial charge < -0.3 is 16.4 Å². The van der Waals surface area contributed by atoms with Gasteiger partial charge >= 0.3 is 0 Å². The van der Waals surface area contributed by atoms with Crippen molar-refractivity contribution in [3.63, 3.8) is 0 Å². The number of hydrogen-bond donors (Lipinski definition) is 3. The number of amides is 1. The van der Waals surface area contributed by atoms with E-state index in [0.717, 1.165) is 37.9 Å². The number of hydrogen-bond acceptors (Lipinski definition) is 5. The van der Waals surface area contributed by atoms with Crippen molar-refractivity contribution in [2.75, 3.05) is 31.1 Å². The number of nitrogens with one attached hydrogen (secondary N) is 2. The van der Waals surface area contributed by atoms with Crippen LogP contribution in [0, 0.1) is 44.4 Å². The van der Waals surface area contributed by atoms with E-state index in [0.29, 0.717) is 18.9 Å². The molecular formula is C30H56FN3O3S. The summed E-state index contributed by atoms with van der Waals surface area (Å²) in [5.74, 6) is -0.0393. The van der Waals surface area contributed by atoms with E-state index in [9.17, 15) is 17.6 Å². The fourth-order valence-electron chi connectivity index (χ4n) is 2.47. The van der Waals surface area contributed by atoms with Crippen molar-refractivity contribution in [3.05, 3.63) is 35.6 Å². The zero-order chi connectivity index (χ0) is 31.0. The Balaban J connectivity index is -0.000000186. The van der Waals surface area contributed by atoms with Gasteiger partial charge in [0, 0.05) is 6.54 Å². The van der Waals surface area contributed by atoms with Gasteiger partial charge in [-0.25, -0.2) is 12.8 Å². The molecule has 0 spiro atoms.